The number of nitrogens with one attached hydrogen (secondary N) is 2. The molecule has 0 saturated carbocycles. The Labute approximate surface area is 108 Å². The molecule has 0 saturated heterocycles. The molecule has 1 rings (SSSR count). The average molecular weight is 251 g/mol. The van der Waals surface area contributed by atoms with E-state index in [1.54, 1.807) is 7.11 Å². The monoisotopic (exact) mass is 251 g/mol. The van der Waals surface area contributed by atoms with Gasteiger partial charge in [-0.15, -0.1) is 0 Å². The number of carbonyl (C=O) groups is 1. The molecule has 1 aromatic rings. The summed E-state index contributed by atoms with van der Waals surface area (Å²) in [5.74, 6) is 0. The van der Waals surface area contributed by atoms with Gasteiger partial charge in [0.1, 0.15) is 0 Å². The quantitative estimate of drug-likeness (QED) is 0.716. The van der Waals surface area contributed by atoms with Gasteiger partial charge in [-0.25, -0.2) is 4.79 Å². The molecule has 0 spiro atoms. The van der Waals surface area contributed by atoms with Crippen LogP contribution in [0.3, 0.4) is 0 Å². The SMILES string of the molecule is COCC(CCN)NC(=O)Nc1cccc(C)c1. The molecule has 18 heavy (non-hydrogen) atoms. The van der Waals surface area contributed by atoms with Crippen LogP contribution in [0, 0.1) is 6.92 Å². The van der Waals surface area contributed by atoms with E-state index in [1.165, 1.54) is 0 Å². The highest BCUT2D eigenvalue weighted by Gasteiger charge is 2.11. The topological polar surface area (TPSA) is 76.4 Å². The standard InChI is InChI=1S/C13H21N3O2/c1-10-4-3-5-11(8-10)15-13(17)16-12(6-7-14)9-18-2/h3-5,8,12H,6-7,9,14H2,1-2H3,(H2,15,16,17). The van der Waals surface area contributed by atoms with Crippen LogP contribution in [-0.4, -0.2) is 32.3 Å². The van der Waals surface area contributed by atoms with Crippen LogP contribution < -0.4 is 16.4 Å². The number of hydrogen-bond donors (Lipinski definition) is 3. The van der Waals surface area contributed by atoms with E-state index in [1.807, 2.05) is 31.2 Å². The van der Waals surface area contributed by atoms with Crippen LogP contribution >= 0.6 is 0 Å². The molecule has 100 valence electrons. The molecule has 0 aromatic heterocycles. The summed E-state index contributed by atoms with van der Waals surface area (Å²) in [6.07, 6.45) is 0.690. The first-order valence-electron chi connectivity index (χ1n) is 5.99. The maximum atomic E-state index is 11.8. The highest BCUT2D eigenvalue weighted by molar-refractivity contribution is 5.89. The summed E-state index contributed by atoms with van der Waals surface area (Å²) in [6, 6.07) is 7.33. The van der Waals surface area contributed by atoms with Crippen molar-refractivity contribution in [1.82, 2.24) is 5.32 Å². The summed E-state index contributed by atoms with van der Waals surface area (Å²) in [6.45, 7) is 2.95. The Morgan fingerprint density at radius 3 is 2.89 bits per heavy atom. The van der Waals surface area contributed by atoms with Gasteiger partial charge in [-0.05, 0) is 37.6 Å². The smallest absolute Gasteiger partial charge is 0.319 e. The third kappa shape index (κ3) is 5.16. The van der Waals surface area contributed by atoms with Crippen molar-refractivity contribution in [2.75, 3.05) is 25.6 Å². The van der Waals surface area contributed by atoms with Crippen LogP contribution in [0.15, 0.2) is 24.3 Å². The molecule has 5 nitrogen and oxygen atoms in total. The number of aryl methyl sites for hydroxylation is 1. The van der Waals surface area contributed by atoms with E-state index < -0.39 is 0 Å². The van der Waals surface area contributed by atoms with E-state index in [-0.39, 0.29) is 12.1 Å². The van der Waals surface area contributed by atoms with Crippen LogP contribution in [0.2, 0.25) is 0 Å². The molecule has 0 aliphatic carbocycles. The lowest BCUT2D eigenvalue weighted by Gasteiger charge is -2.17. The van der Waals surface area contributed by atoms with Crippen LogP contribution in [0.1, 0.15) is 12.0 Å². The van der Waals surface area contributed by atoms with E-state index in [0.29, 0.717) is 19.6 Å². The lowest BCUT2D eigenvalue weighted by Crippen LogP contribution is -2.41. The maximum absolute atomic E-state index is 11.8. The molecular weight excluding hydrogens is 230 g/mol. The average Bonchev–Trinajstić information content (AvgIpc) is 2.29. The van der Waals surface area contributed by atoms with Crippen LogP contribution in [0.25, 0.3) is 0 Å². The Morgan fingerprint density at radius 2 is 2.28 bits per heavy atom. The highest BCUT2D eigenvalue weighted by Crippen LogP contribution is 2.09. The number of rotatable bonds is 6. The van der Waals surface area contributed by atoms with Crippen molar-refractivity contribution in [3.05, 3.63) is 29.8 Å². The van der Waals surface area contributed by atoms with Crippen LogP contribution in [0.4, 0.5) is 10.5 Å². The van der Waals surface area contributed by atoms with Gasteiger partial charge >= 0.3 is 6.03 Å². The molecule has 0 heterocycles. The van der Waals surface area contributed by atoms with Gasteiger partial charge in [-0.2, -0.15) is 0 Å². The van der Waals surface area contributed by atoms with E-state index in [4.69, 9.17) is 10.5 Å². The van der Waals surface area contributed by atoms with Crippen molar-refractivity contribution in [1.29, 1.82) is 0 Å². The Balaban J connectivity index is 2.49. The van der Waals surface area contributed by atoms with Gasteiger partial charge in [-0.3, -0.25) is 0 Å². The second-order valence-electron chi connectivity index (χ2n) is 4.20. The van der Waals surface area contributed by atoms with Gasteiger partial charge < -0.3 is 21.1 Å². The first-order chi connectivity index (χ1) is 8.65. The van der Waals surface area contributed by atoms with Crippen molar-refractivity contribution in [2.45, 2.75) is 19.4 Å². The fourth-order valence-electron chi connectivity index (χ4n) is 1.67. The van der Waals surface area contributed by atoms with E-state index in [0.717, 1.165) is 11.3 Å². The summed E-state index contributed by atoms with van der Waals surface area (Å²) >= 11 is 0. The van der Waals surface area contributed by atoms with Crippen molar-refractivity contribution in [2.24, 2.45) is 5.73 Å². The van der Waals surface area contributed by atoms with Gasteiger partial charge in [-0.1, -0.05) is 12.1 Å². The zero-order valence-corrected chi connectivity index (χ0v) is 10.9. The van der Waals surface area contributed by atoms with Crippen molar-refractivity contribution >= 4 is 11.7 Å². The number of amides is 2. The largest absolute Gasteiger partial charge is 0.383 e. The molecule has 0 bridgehead atoms. The van der Waals surface area contributed by atoms with Crippen molar-refractivity contribution in [3.63, 3.8) is 0 Å². The molecule has 1 unspecified atom stereocenters. The third-order valence-corrected chi connectivity index (χ3v) is 2.49. The zero-order chi connectivity index (χ0) is 13.4. The van der Waals surface area contributed by atoms with Crippen molar-refractivity contribution in [3.8, 4) is 0 Å². The van der Waals surface area contributed by atoms with Gasteiger partial charge in [0.15, 0.2) is 0 Å². The highest BCUT2D eigenvalue weighted by atomic mass is 16.5. The van der Waals surface area contributed by atoms with E-state index in [9.17, 15) is 4.79 Å². The number of hydrogen-bond acceptors (Lipinski definition) is 3. The molecule has 0 aliphatic heterocycles. The number of carbonyl (C=O) groups excluding carboxylic acids is 1. The van der Waals surface area contributed by atoms with E-state index >= 15 is 0 Å². The van der Waals surface area contributed by atoms with Gasteiger partial charge in [0.25, 0.3) is 0 Å². The predicted octanol–water partition coefficient (Wildman–Crippen LogP) is 1.48. The molecule has 2 amide bonds. The number of anilines is 1. The Bertz CT molecular complexity index is 376. The Kier molecular flexibility index (Phi) is 6.18. The number of benzene rings is 1. The molecule has 5 heteroatoms. The van der Waals surface area contributed by atoms with Crippen LogP contribution in [-0.2, 0) is 4.74 Å². The minimum atomic E-state index is -0.240. The van der Waals surface area contributed by atoms with Gasteiger partial charge in [0.2, 0.25) is 0 Å². The Hall–Kier alpha value is -1.59. The molecule has 1 aromatic carbocycles. The first-order valence-corrected chi connectivity index (χ1v) is 5.99. The first kappa shape index (κ1) is 14.5. The summed E-state index contributed by atoms with van der Waals surface area (Å²) in [4.78, 5) is 11.8. The van der Waals surface area contributed by atoms with Crippen LogP contribution in [0.5, 0.6) is 0 Å². The second-order valence-corrected chi connectivity index (χ2v) is 4.20. The molecule has 4 N–H and O–H groups in total. The lowest BCUT2D eigenvalue weighted by atomic mass is 10.2. The molecular formula is C13H21N3O2. The number of nitrogens with two attached hydrogens (primary N) is 1. The second kappa shape index (κ2) is 7.68. The summed E-state index contributed by atoms with van der Waals surface area (Å²) in [7, 11) is 1.60. The predicted molar refractivity (Wildman–Crippen MR) is 72.7 cm³/mol. The zero-order valence-electron chi connectivity index (χ0n) is 10.9. The lowest BCUT2D eigenvalue weighted by molar-refractivity contribution is 0.164. The fraction of sp³-hybridized carbons (Fsp3) is 0.462. The summed E-state index contributed by atoms with van der Waals surface area (Å²) in [5.41, 5.74) is 7.36. The molecule has 0 aliphatic rings. The van der Waals surface area contributed by atoms with Gasteiger partial charge in [0.05, 0.1) is 12.6 Å². The normalized spacial score (nSPS) is 11.9. The molecule has 1 atom stereocenters. The summed E-state index contributed by atoms with van der Waals surface area (Å²) < 4.78 is 5.03. The Morgan fingerprint density at radius 1 is 1.50 bits per heavy atom. The van der Waals surface area contributed by atoms with Gasteiger partial charge in [0, 0.05) is 12.8 Å². The molecule has 0 radical (unpaired) electrons. The summed E-state index contributed by atoms with van der Waals surface area (Å²) in [5, 5.41) is 5.62. The number of ether oxygens (including phenoxy) is 1. The fourth-order valence-corrected chi connectivity index (χ4v) is 1.67. The maximum Gasteiger partial charge on any atom is 0.319 e. The minimum absolute atomic E-state index is 0.0650. The molecule has 0 fully saturated rings. The van der Waals surface area contributed by atoms with Crippen molar-refractivity contribution < 1.29 is 9.53 Å². The van der Waals surface area contributed by atoms with E-state index in [2.05, 4.69) is 10.6 Å². The number of urea groups is 1. The third-order valence-electron chi connectivity index (χ3n) is 2.49. The minimum Gasteiger partial charge on any atom is -0.383 e. The number of methoxy groups -OCH3 is 1.